The molecule has 1 aromatic carbocycles. The normalized spacial score (nSPS) is 16.4. The molecule has 0 fully saturated rings. The first-order valence-corrected chi connectivity index (χ1v) is 10.1. The molecule has 29 heavy (non-hydrogen) atoms. The molecule has 0 saturated carbocycles. The summed E-state index contributed by atoms with van der Waals surface area (Å²) in [5, 5.41) is 11.1. The summed E-state index contributed by atoms with van der Waals surface area (Å²) in [5.74, 6) is -0.550. The van der Waals surface area contributed by atoms with E-state index in [2.05, 4.69) is 4.99 Å². The number of methoxy groups -OCH3 is 2. The predicted octanol–water partition coefficient (Wildman–Crippen LogP) is 4.55. The molecule has 1 N–H and O–H groups in total. The number of benzene rings is 1. The number of hydrogen-bond acceptors (Lipinski definition) is 7. The summed E-state index contributed by atoms with van der Waals surface area (Å²) in [7, 11) is 2.98. The van der Waals surface area contributed by atoms with Gasteiger partial charge in [0, 0.05) is 18.1 Å². The highest BCUT2D eigenvalue weighted by Crippen LogP contribution is 2.41. The molecule has 1 heterocycles. The second-order valence-electron chi connectivity index (χ2n) is 5.84. The van der Waals surface area contributed by atoms with Crippen LogP contribution in [0.4, 0.5) is 0 Å². The Hall–Kier alpha value is -2.45. The molecule has 1 aromatic rings. The lowest BCUT2D eigenvalue weighted by Gasteiger charge is -2.10. The average molecular weight is 440 g/mol. The van der Waals surface area contributed by atoms with Gasteiger partial charge in [-0.05, 0) is 25.5 Å². The van der Waals surface area contributed by atoms with Crippen molar-refractivity contribution in [1.29, 1.82) is 0 Å². The summed E-state index contributed by atoms with van der Waals surface area (Å²) >= 11 is 7.20. The van der Waals surface area contributed by atoms with E-state index in [4.69, 9.17) is 25.8 Å². The Bertz CT molecular complexity index is 906. The van der Waals surface area contributed by atoms with E-state index >= 15 is 0 Å². The fourth-order valence-corrected chi connectivity index (χ4v) is 3.78. The van der Waals surface area contributed by atoms with E-state index in [-0.39, 0.29) is 35.3 Å². The number of ether oxygens (including phenoxy) is 3. The molecule has 0 atom stereocenters. The number of carbonyl (C=O) groups is 2. The number of halogens is 1. The number of rotatable bonds is 7. The van der Waals surface area contributed by atoms with Crippen LogP contribution >= 0.6 is 23.4 Å². The van der Waals surface area contributed by atoms with Gasteiger partial charge in [0.1, 0.15) is 27.9 Å². The number of amides is 1. The summed E-state index contributed by atoms with van der Waals surface area (Å²) in [4.78, 5) is 28.6. The molecule has 1 amide bonds. The van der Waals surface area contributed by atoms with Gasteiger partial charge in [0.25, 0.3) is 0 Å². The lowest BCUT2D eigenvalue weighted by Crippen LogP contribution is -2.14. The zero-order valence-electron chi connectivity index (χ0n) is 16.6. The third-order valence-corrected chi connectivity index (χ3v) is 5.17. The summed E-state index contributed by atoms with van der Waals surface area (Å²) in [6.07, 6.45) is 2.45. The fourth-order valence-electron chi connectivity index (χ4n) is 2.51. The third kappa shape index (κ3) is 5.33. The molecule has 2 rings (SSSR count). The van der Waals surface area contributed by atoms with E-state index in [0.717, 1.165) is 11.8 Å². The Morgan fingerprint density at radius 1 is 1.21 bits per heavy atom. The maximum Gasteiger partial charge on any atom is 0.344 e. The number of carbonyl (C=O) groups excluding carboxylic acids is 2. The molecule has 1 aliphatic heterocycles. The van der Waals surface area contributed by atoms with Crippen LogP contribution in [0.1, 0.15) is 32.3 Å². The van der Waals surface area contributed by atoms with Gasteiger partial charge in [-0.15, -0.1) is 0 Å². The second-order valence-corrected chi connectivity index (χ2v) is 7.28. The lowest BCUT2D eigenvalue weighted by molar-refractivity contribution is -0.138. The van der Waals surface area contributed by atoms with E-state index < -0.39 is 5.97 Å². The number of esters is 1. The van der Waals surface area contributed by atoms with Crippen LogP contribution in [0.25, 0.3) is 6.08 Å². The zero-order chi connectivity index (χ0) is 21.6. The monoisotopic (exact) mass is 439 g/mol. The zero-order valence-corrected chi connectivity index (χ0v) is 18.1. The Kier molecular flexibility index (Phi) is 8.16. The maximum absolute atomic E-state index is 12.3. The van der Waals surface area contributed by atoms with Crippen molar-refractivity contribution in [2.24, 2.45) is 4.99 Å². The minimum absolute atomic E-state index is 0.101. The Balaban J connectivity index is 2.55. The highest BCUT2D eigenvalue weighted by atomic mass is 35.5. The summed E-state index contributed by atoms with van der Waals surface area (Å²) in [5.41, 5.74) is 0.419. The molecular weight excluding hydrogens is 418 g/mol. The van der Waals surface area contributed by atoms with Crippen LogP contribution in [-0.2, 0) is 14.3 Å². The predicted molar refractivity (Wildman–Crippen MR) is 114 cm³/mol. The molecule has 7 nitrogen and oxygen atoms in total. The van der Waals surface area contributed by atoms with Crippen molar-refractivity contribution in [2.45, 2.75) is 26.7 Å². The van der Waals surface area contributed by atoms with E-state index in [1.54, 1.807) is 25.1 Å². The Morgan fingerprint density at radius 2 is 1.90 bits per heavy atom. The number of thioether (sulfide) groups is 1. The van der Waals surface area contributed by atoms with Crippen molar-refractivity contribution in [1.82, 2.24) is 0 Å². The number of aliphatic hydroxyl groups is 1. The van der Waals surface area contributed by atoms with Crippen LogP contribution in [0.5, 0.6) is 11.5 Å². The van der Waals surface area contributed by atoms with Crippen molar-refractivity contribution >= 4 is 46.4 Å². The minimum Gasteiger partial charge on any atom is -0.506 e. The van der Waals surface area contributed by atoms with Crippen molar-refractivity contribution < 1.29 is 28.9 Å². The molecule has 0 bridgehead atoms. The van der Waals surface area contributed by atoms with Gasteiger partial charge in [-0.3, -0.25) is 4.79 Å². The van der Waals surface area contributed by atoms with E-state index in [9.17, 15) is 14.7 Å². The fraction of sp³-hybridized carbons (Fsp3) is 0.350. The SMILES string of the molecule is CCCC(=O)N=C1S/C(=C\c2cc(Cl)c(OC)cc2OC)C(O)=C1C(=O)OCC. The minimum atomic E-state index is -0.747. The van der Waals surface area contributed by atoms with Crippen LogP contribution in [-0.4, -0.2) is 42.9 Å². The highest BCUT2D eigenvalue weighted by Gasteiger charge is 2.34. The van der Waals surface area contributed by atoms with E-state index in [0.29, 0.717) is 33.4 Å². The molecule has 0 spiro atoms. The van der Waals surface area contributed by atoms with Gasteiger partial charge >= 0.3 is 5.97 Å². The van der Waals surface area contributed by atoms with E-state index in [1.165, 1.54) is 14.2 Å². The first-order valence-electron chi connectivity index (χ1n) is 8.89. The smallest absolute Gasteiger partial charge is 0.344 e. The van der Waals surface area contributed by atoms with Crippen molar-refractivity contribution in [2.75, 3.05) is 20.8 Å². The Labute approximate surface area is 178 Å². The molecule has 1 aliphatic rings. The topological polar surface area (TPSA) is 94.4 Å². The molecule has 0 unspecified atom stereocenters. The molecular formula is C20H22ClNO6S. The van der Waals surface area contributed by atoms with Crippen LogP contribution in [0.3, 0.4) is 0 Å². The van der Waals surface area contributed by atoms with Crippen molar-refractivity contribution in [3.05, 3.63) is 39.0 Å². The van der Waals surface area contributed by atoms with Gasteiger partial charge in [0.05, 0.1) is 30.8 Å². The standard InChI is InChI=1S/C20H22ClNO6S/c1-5-7-16(23)22-19-17(20(25)28-6-2)18(24)15(29-19)9-11-8-12(21)14(27-4)10-13(11)26-3/h8-10,24H,5-7H2,1-4H3/b15-9-,22-19?. The summed E-state index contributed by atoms with van der Waals surface area (Å²) < 4.78 is 15.5. The average Bonchev–Trinajstić information content (AvgIpc) is 2.97. The highest BCUT2D eigenvalue weighted by molar-refractivity contribution is 8.18. The molecule has 9 heteroatoms. The largest absolute Gasteiger partial charge is 0.506 e. The summed E-state index contributed by atoms with van der Waals surface area (Å²) in [6, 6.07) is 3.22. The van der Waals surface area contributed by atoms with E-state index in [1.807, 2.05) is 6.92 Å². The van der Waals surface area contributed by atoms with Gasteiger partial charge in [-0.25, -0.2) is 9.79 Å². The maximum atomic E-state index is 12.3. The molecule has 0 aliphatic carbocycles. The van der Waals surface area contributed by atoms with Crippen LogP contribution < -0.4 is 9.47 Å². The molecule has 0 aromatic heterocycles. The Morgan fingerprint density at radius 3 is 2.48 bits per heavy atom. The van der Waals surface area contributed by atoms with Crippen LogP contribution in [0, 0.1) is 0 Å². The van der Waals surface area contributed by atoms with Gasteiger partial charge in [-0.1, -0.05) is 30.3 Å². The van der Waals surface area contributed by atoms with Crippen LogP contribution in [0.15, 0.2) is 33.4 Å². The molecule has 0 radical (unpaired) electrons. The first-order chi connectivity index (χ1) is 13.9. The number of hydrogen-bond donors (Lipinski definition) is 1. The quantitative estimate of drug-likeness (QED) is 0.623. The lowest BCUT2D eigenvalue weighted by atomic mass is 10.1. The van der Waals surface area contributed by atoms with Crippen molar-refractivity contribution in [3.63, 3.8) is 0 Å². The van der Waals surface area contributed by atoms with Crippen molar-refractivity contribution in [3.8, 4) is 11.5 Å². The number of aliphatic imine (C=N–C) groups is 1. The first kappa shape index (κ1) is 22.8. The molecule has 0 saturated heterocycles. The summed E-state index contributed by atoms with van der Waals surface area (Å²) in [6.45, 7) is 3.62. The van der Waals surface area contributed by atoms with Crippen LogP contribution in [0.2, 0.25) is 5.02 Å². The number of aliphatic hydroxyl groups excluding tert-OH is 1. The second kappa shape index (κ2) is 10.4. The third-order valence-electron chi connectivity index (χ3n) is 3.85. The van der Waals surface area contributed by atoms with Gasteiger partial charge in [0.2, 0.25) is 5.91 Å². The number of nitrogens with zero attached hydrogens (tertiary/aromatic N) is 1. The van der Waals surface area contributed by atoms with Gasteiger partial charge < -0.3 is 19.3 Å². The van der Waals surface area contributed by atoms with Gasteiger partial charge in [0.15, 0.2) is 0 Å². The van der Waals surface area contributed by atoms with Gasteiger partial charge in [-0.2, -0.15) is 0 Å². The molecule has 156 valence electrons.